The molecule has 4 N–H and O–H groups in total. The number of carbonyl (C=O) groups is 2. The van der Waals surface area contributed by atoms with Crippen molar-refractivity contribution in [3.05, 3.63) is 17.7 Å². The lowest BCUT2D eigenvalue weighted by Crippen LogP contribution is -2.16. The maximum absolute atomic E-state index is 9.10. The Morgan fingerprint density at radius 3 is 2.35 bits per heavy atom. The molecule has 0 aliphatic carbocycles. The molecule has 0 radical (unpaired) electrons. The van der Waals surface area contributed by atoms with Crippen LogP contribution in [-0.2, 0) is 16.1 Å². The molecule has 1 aliphatic heterocycles. The molecule has 1 aromatic carbocycles. The number of carboxylic acid groups (broad SMARTS) is 2. The molecule has 20 heavy (non-hydrogen) atoms. The standard InChI is InChI=1S/C10H13NO3.C2H2O4/c1-12-8-4-7(6-11)5-9-10(8)14-3-2-13-9;3-1(4)2(5)6/h4-5H,2-3,6,11H2,1H3;(H,3,4)(H,5,6). The number of hydrogen-bond acceptors (Lipinski definition) is 6. The molecule has 1 aliphatic rings. The van der Waals surface area contributed by atoms with Crippen LogP contribution in [0.4, 0.5) is 0 Å². The molecule has 8 heteroatoms. The van der Waals surface area contributed by atoms with Gasteiger partial charge in [0.25, 0.3) is 0 Å². The van der Waals surface area contributed by atoms with Crippen molar-refractivity contribution in [2.45, 2.75) is 6.54 Å². The normalized spacial score (nSPS) is 11.9. The van der Waals surface area contributed by atoms with E-state index >= 15 is 0 Å². The summed E-state index contributed by atoms with van der Waals surface area (Å²) in [6.45, 7) is 1.60. The van der Waals surface area contributed by atoms with E-state index in [9.17, 15) is 0 Å². The molecule has 0 saturated carbocycles. The average Bonchev–Trinajstić information content (AvgIpc) is 2.46. The van der Waals surface area contributed by atoms with Crippen LogP contribution in [-0.4, -0.2) is 42.5 Å². The molecule has 0 fully saturated rings. The molecule has 110 valence electrons. The minimum Gasteiger partial charge on any atom is -0.493 e. The minimum absolute atomic E-state index is 0.465. The largest absolute Gasteiger partial charge is 0.493 e. The highest BCUT2D eigenvalue weighted by molar-refractivity contribution is 6.27. The second-order valence-electron chi connectivity index (χ2n) is 3.64. The highest BCUT2D eigenvalue weighted by Crippen LogP contribution is 2.40. The lowest BCUT2D eigenvalue weighted by atomic mass is 10.2. The molecule has 8 nitrogen and oxygen atoms in total. The molecule has 0 bridgehead atoms. The van der Waals surface area contributed by atoms with Crippen LogP contribution in [0.15, 0.2) is 12.1 Å². The molecule has 0 unspecified atom stereocenters. The molecule has 1 heterocycles. The molecule has 2 rings (SSSR count). The molecular weight excluding hydrogens is 270 g/mol. The van der Waals surface area contributed by atoms with Gasteiger partial charge in [-0.3, -0.25) is 0 Å². The van der Waals surface area contributed by atoms with Crippen molar-refractivity contribution in [3.63, 3.8) is 0 Å². The van der Waals surface area contributed by atoms with Gasteiger partial charge in [-0.2, -0.15) is 0 Å². The highest BCUT2D eigenvalue weighted by Gasteiger charge is 2.17. The van der Waals surface area contributed by atoms with E-state index in [1.54, 1.807) is 7.11 Å². The number of rotatable bonds is 2. The zero-order valence-corrected chi connectivity index (χ0v) is 10.8. The second-order valence-corrected chi connectivity index (χ2v) is 3.64. The molecule has 0 saturated heterocycles. The first-order valence-electron chi connectivity index (χ1n) is 5.62. The first-order chi connectivity index (χ1) is 9.49. The van der Waals surface area contributed by atoms with E-state index < -0.39 is 11.9 Å². The van der Waals surface area contributed by atoms with Crippen molar-refractivity contribution >= 4 is 11.9 Å². The lowest BCUT2D eigenvalue weighted by Gasteiger charge is -2.21. The van der Waals surface area contributed by atoms with Crippen molar-refractivity contribution in [2.24, 2.45) is 5.73 Å². The number of carboxylic acids is 2. The lowest BCUT2D eigenvalue weighted by molar-refractivity contribution is -0.159. The van der Waals surface area contributed by atoms with Gasteiger partial charge in [0, 0.05) is 6.54 Å². The summed E-state index contributed by atoms with van der Waals surface area (Å²) >= 11 is 0. The fourth-order valence-electron chi connectivity index (χ4n) is 1.45. The van der Waals surface area contributed by atoms with Crippen molar-refractivity contribution in [1.29, 1.82) is 0 Å². The van der Waals surface area contributed by atoms with Gasteiger partial charge in [0.05, 0.1) is 7.11 Å². The number of nitrogens with two attached hydrogens (primary N) is 1. The van der Waals surface area contributed by atoms with Gasteiger partial charge in [-0.15, -0.1) is 0 Å². The van der Waals surface area contributed by atoms with Gasteiger partial charge in [-0.05, 0) is 17.7 Å². The van der Waals surface area contributed by atoms with Crippen LogP contribution in [0.3, 0.4) is 0 Å². The summed E-state index contributed by atoms with van der Waals surface area (Å²) in [7, 11) is 1.61. The first kappa shape index (κ1) is 15.6. The van der Waals surface area contributed by atoms with Crippen LogP contribution < -0.4 is 19.9 Å². The van der Waals surface area contributed by atoms with Gasteiger partial charge in [0.1, 0.15) is 13.2 Å². The Balaban J connectivity index is 0.000000286. The summed E-state index contributed by atoms with van der Waals surface area (Å²) in [6.07, 6.45) is 0. The number of methoxy groups -OCH3 is 1. The Hall–Kier alpha value is -2.48. The summed E-state index contributed by atoms with van der Waals surface area (Å²) in [5, 5.41) is 14.8. The van der Waals surface area contributed by atoms with E-state index in [-0.39, 0.29) is 0 Å². The summed E-state index contributed by atoms with van der Waals surface area (Å²) in [4.78, 5) is 18.2. The van der Waals surface area contributed by atoms with Gasteiger partial charge < -0.3 is 30.2 Å². The topological polar surface area (TPSA) is 128 Å². The van der Waals surface area contributed by atoms with Gasteiger partial charge in [-0.1, -0.05) is 0 Å². The van der Waals surface area contributed by atoms with Crippen LogP contribution in [0.5, 0.6) is 17.2 Å². The smallest absolute Gasteiger partial charge is 0.414 e. The third kappa shape index (κ3) is 4.02. The number of hydrogen-bond donors (Lipinski definition) is 3. The SMILES string of the molecule is COc1cc(CN)cc2c1OCCO2.O=C(O)C(=O)O. The number of benzene rings is 1. The van der Waals surface area contributed by atoms with E-state index in [2.05, 4.69) is 0 Å². The van der Waals surface area contributed by atoms with Gasteiger partial charge in [0.2, 0.25) is 5.75 Å². The van der Waals surface area contributed by atoms with Crippen LogP contribution in [0, 0.1) is 0 Å². The highest BCUT2D eigenvalue weighted by atomic mass is 16.6. The second kappa shape index (κ2) is 7.19. The summed E-state index contributed by atoms with van der Waals surface area (Å²) in [5.41, 5.74) is 6.53. The van der Waals surface area contributed by atoms with Crippen LogP contribution in [0.1, 0.15) is 5.56 Å². The Morgan fingerprint density at radius 2 is 1.85 bits per heavy atom. The fourth-order valence-corrected chi connectivity index (χ4v) is 1.45. The van der Waals surface area contributed by atoms with E-state index in [4.69, 9.17) is 39.7 Å². The third-order valence-electron chi connectivity index (χ3n) is 2.31. The van der Waals surface area contributed by atoms with Crippen LogP contribution >= 0.6 is 0 Å². The summed E-state index contributed by atoms with van der Waals surface area (Å²) in [6, 6.07) is 3.75. The monoisotopic (exact) mass is 285 g/mol. The number of fused-ring (bicyclic) bond motifs is 1. The maximum atomic E-state index is 9.10. The summed E-state index contributed by atoms with van der Waals surface area (Å²) < 4.78 is 16.1. The van der Waals surface area contributed by atoms with Crippen molar-refractivity contribution in [3.8, 4) is 17.2 Å². The maximum Gasteiger partial charge on any atom is 0.414 e. The molecule has 0 atom stereocenters. The fraction of sp³-hybridized carbons (Fsp3) is 0.333. The Bertz CT molecular complexity index is 472. The zero-order chi connectivity index (χ0) is 15.1. The Kier molecular flexibility index (Phi) is 5.60. The van der Waals surface area contributed by atoms with Gasteiger partial charge in [-0.25, -0.2) is 9.59 Å². The number of ether oxygens (including phenoxy) is 3. The molecule has 0 aromatic heterocycles. The predicted octanol–water partition coefficient (Wildman–Crippen LogP) is 0.0807. The van der Waals surface area contributed by atoms with E-state index in [1.807, 2.05) is 12.1 Å². The summed E-state index contributed by atoms with van der Waals surface area (Å²) in [5.74, 6) is -1.57. The van der Waals surface area contributed by atoms with Crippen molar-refractivity contribution in [1.82, 2.24) is 0 Å². The molecule has 0 spiro atoms. The van der Waals surface area contributed by atoms with E-state index in [1.165, 1.54) is 0 Å². The first-order valence-corrected chi connectivity index (χ1v) is 5.62. The van der Waals surface area contributed by atoms with E-state index in [0.29, 0.717) is 31.3 Å². The average molecular weight is 285 g/mol. The van der Waals surface area contributed by atoms with Gasteiger partial charge in [0.15, 0.2) is 11.5 Å². The predicted molar refractivity (Wildman–Crippen MR) is 67.1 cm³/mol. The third-order valence-corrected chi connectivity index (χ3v) is 2.31. The van der Waals surface area contributed by atoms with Crippen molar-refractivity contribution in [2.75, 3.05) is 20.3 Å². The zero-order valence-electron chi connectivity index (χ0n) is 10.8. The molecule has 1 aromatic rings. The van der Waals surface area contributed by atoms with Crippen LogP contribution in [0.2, 0.25) is 0 Å². The van der Waals surface area contributed by atoms with Crippen molar-refractivity contribution < 1.29 is 34.0 Å². The quantitative estimate of drug-likeness (QED) is 0.652. The number of aliphatic carboxylic acids is 2. The Labute approximate surface area is 114 Å². The van der Waals surface area contributed by atoms with Gasteiger partial charge >= 0.3 is 11.9 Å². The van der Waals surface area contributed by atoms with Crippen LogP contribution in [0.25, 0.3) is 0 Å². The Morgan fingerprint density at radius 1 is 1.25 bits per heavy atom. The molecule has 0 amide bonds. The molecular formula is C12H15NO7. The van der Waals surface area contributed by atoms with E-state index in [0.717, 1.165) is 11.3 Å². The minimum atomic E-state index is -1.82.